The first-order valence-corrected chi connectivity index (χ1v) is 22.6. The van der Waals surface area contributed by atoms with Gasteiger partial charge in [-0.2, -0.15) is 0 Å². The summed E-state index contributed by atoms with van der Waals surface area (Å²) in [6, 6.07) is 11.2. The number of carbonyl (C=O) groups excluding carboxylic acids is 7. The van der Waals surface area contributed by atoms with Crippen LogP contribution in [-0.4, -0.2) is 114 Å². The molecule has 1 unspecified atom stereocenters. The SMILES string of the molecule is COC(=O)[C@H](CCCC[C@@H]1NC(=O)C2CCCN2C(=O)[C@@H](NC(=O)OCC2c3ccccc3-c3ccccc32)CCCC[C@@H](C(=O)O)NC(=O)[C@H](CCCN=C(N)N)CC1=O)CC(C)=O. The molecule has 2 fully saturated rings. The quantitative estimate of drug-likeness (QED) is 0.0610. The van der Waals surface area contributed by atoms with Crippen LogP contribution in [0.4, 0.5) is 4.79 Å². The standard InChI is InChI=1S/C47H63N7O11/c1-28(55)25-30(45(62)64-2)13-3-8-19-36-40(56)26-29(14-11-23-50-46(48)49)41(57)52-38(44(60)61)21-10-9-20-37(43(59)54-24-12-22-39(54)42(58)51-36)53-47(63)65-27-35-33-17-6-4-15-31(33)32-16-5-7-18-34(32)35/h4-7,15-18,29-30,35-39H,3,8-14,19-27H2,1-2H3,(H,51,58)(H,52,57)(H,53,63)(H,60,61)(H4,48,49,50)/t29-,30-,36+,37+,38+,39?/m1/s1. The molecule has 0 spiro atoms. The van der Waals surface area contributed by atoms with Crippen molar-refractivity contribution >= 4 is 53.3 Å². The van der Waals surface area contributed by atoms with Gasteiger partial charge in [0.05, 0.1) is 19.1 Å². The predicted octanol–water partition coefficient (Wildman–Crippen LogP) is 3.47. The summed E-state index contributed by atoms with van der Waals surface area (Å²) >= 11 is 0. The molecule has 0 aromatic heterocycles. The number of hydrogen-bond acceptors (Lipinski definition) is 11. The van der Waals surface area contributed by atoms with Gasteiger partial charge in [0.1, 0.15) is 30.5 Å². The van der Waals surface area contributed by atoms with Crippen molar-refractivity contribution in [2.24, 2.45) is 28.3 Å². The van der Waals surface area contributed by atoms with E-state index in [0.29, 0.717) is 25.7 Å². The van der Waals surface area contributed by atoms with Gasteiger partial charge in [0.2, 0.25) is 17.7 Å². The second-order valence-electron chi connectivity index (χ2n) is 17.2. The molecule has 4 amide bonds. The molecule has 5 rings (SSSR count). The van der Waals surface area contributed by atoms with Crippen LogP contribution in [0.2, 0.25) is 0 Å². The number of fused-ring (bicyclic) bond motifs is 4. The fourth-order valence-electron chi connectivity index (χ4n) is 9.18. The lowest BCUT2D eigenvalue weighted by Gasteiger charge is -2.30. The molecular weight excluding hydrogens is 839 g/mol. The maximum absolute atomic E-state index is 14.4. The molecule has 0 bridgehead atoms. The number of Topliss-reactive ketones (excluding diaryl/α,β-unsaturated/α-hetero) is 2. The topological polar surface area (TPSA) is 279 Å². The molecule has 3 aliphatic rings. The Morgan fingerprint density at radius 3 is 2.20 bits per heavy atom. The van der Waals surface area contributed by atoms with Gasteiger partial charge in [-0.3, -0.25) is 29.0 Å². The van der Waals surface area contributed by atoms with Crippen LogP contribution in [0.1, 0.15) is 114 Å². The van der Waals surface area contributed by atoms with Crippen LogP contribution >= 0.6 is 0 Å². The number of amides is 4. The largest absolute Gasteiger partial charge is 0.480 e. The van der Waals surface area contributed by atoms with E-state index in [1.54, 1.807) is 0 Å². The molecule has 0 saturated carbocycles. The van der Waals surface area contributed by atoms with Crippen molar-refractivity contribution in [3.8, 4) is 11.1 Å². The van der Waals surface area contributed by atoms with Crippen LogP contribution < -0.4 is 27.4 Å². The van der Waals surface area contributed by atoms with Crippen LogP contribution in [0, 0.1) is 11.8 Å². The highest BCUT2D eigenvalue weighted by atomic mass is 16.5. The van der Waals surface area contributed by atoms with Gasteiger partial charge in [0.25, 0.3) is 0 Å². The summed E-state index contributed by atoms with van der Waals surface area (Å²) in [5.41, 5.74) is 15.1. The molecule has 2 saturated heterocycles. The molecule has 18 heteroatoms. The molecule has 6 atom stereocenters. The van der Waals surface area contributed by atoms with Gasteiger partial charge >= 0.3 is 18.0 Å². The van der Waals surface area contributed by atoms with Gasteiger partial charge in [-0.15, -0.1) is 0 Å². The number of nitrogens with zero attached hydrogens (tertiary/aromatic N) is 2. The van der Waals surface area contributed by atoms with Crippen LogP contribution in [0.25, 0.3) is 11.1 Å². The lowest BCUT2D eigenvalue weighted by Crippen LogP contribution is -2.55. The van der Waals surface area contributed by atoms with Crippen molar-refractivity contribution in [3.63, 3.8) is 0 Å². The molecule has 0 radical (unpaired) electrons. The van der Waals surface area contributed by atoms with E-state index in [4.69, 9.17) is 20.9 Å². The lowest BCUT2D eigenvalue weighted by molar-refractivity contribution is -0.147. The van der Waals surface area contributed by atoms with Gasteiger partial charge in [0, 0.05) is 37.8 Å². The number of unbranched alkanes of at least 4 members (excludes halogenated alkanes) is 1. The summed E-state index contributed by atoms with van der Waals surface area (Å²) in [5, 5.41) is 18.3. The number of guanidine groups is 1. The van der Waals surface area contributed by atoms with Gasteiger partial charge in [-0.1, -0.05) is 74.2 Å². The van der Waals surface area contributed by atoms with E-state index in [0.717, 1.165) is 22.3 Å². The van der Waals surface area contributed by atoms with E-state index in [1.165, 1.54) is 18.9 Å². The van der Waals surface area contributed by atoms with Crippen molar-refractivity contribution in [2.45, 2.75) is 127 Å². The molecule has 1 aliphatic carbocycles. The zero-order chi connectivity index (χ0) is 47.0. The number of nitrogens with one attached hydrogen (secondary N) is 3. The number of rotatable bonds is 16. The number of carboxylic acid groups (broad SMARTS) is 1. The van der Waals surface area contributed by atoms with Gasteiger partial charge < -0.3 is 51.7 Å². The number of nitrogens with two attached hydrogens (primary N) is 2. The molecule has 2 aliphatic heterocycles. The first kappa shape index (κ1) is 49.7. The highest BCUT2D eigenvalue weighted by Crippen LogP contribution is 2.44. The molecule has 2 aromatic rings. The summed E-state index contributed by atoms with van der Waals surface area (Å²) in [5.74, 6) is -6.32. The van der Waals surface area contributed by atoms with E-state index in [9.17, 15) is 43.5 Å². The minimum absolute atomic E-state index is 0.000276. The number of ether oxygens (including phenoxy) is 2. The number of benzene rings is 2. The molecule has 2 heterocycles. The fraction of sp³-hybridized carbons (Fsp3) is 0.553. The third-order valence-electron chi connectivity index (χ3n) is 12.5. The summed E-state index contributed by atoms with van der Waals surface area (Å²) in [4.78, 5) is 112. The number of aliphatic carboxylic acids is 1. The van der Waals surface area contributed by atoms with Crippen LogP contribution in [0.3, 0.4) is 0 Å². The monoisotopic (exact) mass is 901 g/mol. The Bertz CT molecular complexity index is 2040. The average molecular weight is 902 g/mol. The maximum Gasteiger partial charge on any atom is 0.407 e. The van der Waals surface area contributed by atoms with Crippen LogP contribution in [0.5, 0.6) is 0 Å². The summed E-state index contributed by atoms with van der Waals surface area (Å²) in [6.45, 7) is 1.74. The Balaban J connectivity index is 1.37. The Morgan fingerprint density at radius 1 is 0.877 bits per heavy atom. The van der Waals surface area contributed by atoms with Gasteiger partial charge in [-0.25, -0.2) is 9.59 Å². The smallest absolute Gasteiger partial charge is 0.407 e. The van der Waals surface area contributed by atoms with E-state index in [1.807, 2.05) is 48.5 Å². The van der Waals surface area contributed by atoms with Crippen LogP contribution in [-0.2, 0) is 43.0 Å². The Morgan fingerprint density at radius 2 is 1.55 bits per heavy atom. The molecule has 8 N–H and O–H groups in total. The van der Waals surface area contributed by atoms with Crippen molar-refractivity contribution in [2.75, 3.05) is 26.8 Å². The number of carbonyl (C=O) groups is 8. The third-order valence-corrected chi connectivity index (χ3v) is 12.5. The van der Waals surface area contributed by atoms with E-state index in [2.05, 4.69) is 20.9 Å². The number of esters is 1. The van der Waals surface area contributed by atoms with Gasteiger partial charge in [-0.05, 0) is 80.5 Å². The first-order chi connectivity index (χ1) is 31.2. The third kappa shape index (κ3) is 13.8. The summed E-state index contributed by atoms with van der Waals surface area (Å²) in [6.07, 6.45) is 1.71. The van der Waals surface area contributed by atoms with Crippen molar-refractivity contribution < 1.29 is 52.9 Å². The first-order valence-electron chi connectivity index (χ1n) is 22.6. The Kier molecular flexibility index (Phi) is 18.4. The minimum atomic E-state index is -1.33. The zero-order valence-electron chi connectivity index (χ0n) is 37.3. The normalized spacial score (nSPS) is 22.2. The number of carboxylic acids is 1. The summed E-state index contributed by atoms with van der Waals surface area (Å²) < 4.78 is 10.7. The van der Waals surface area contributed by atoms with Crippen molar-refractivity contribution in [1.29, 1.82) is 0 Å². The zero-order valence-corrected chi connectivity index (χ0v) is 37.3. The Hall–Kier alpha value is -6.33. The molecular formula is C47H63N7O11. The summed E-state index contributed by atoms with van der Waals surface area (Å²) in [7, 11) is 1.24. The van der Waals surface area contributed by atoms with E-state index in [-0.39, 0.29) is 102 Å². The van der Waals surface area contributed by atoms with E-state index < -0.39 is 77.5 Å². The molecule has 18 nitrogen and oxygen atoms in total. The number of ketones is 2. The predicted molar refractivity (Wildman–Crippen MR) is 239 cm³/mol. The highest BCUT2D eigenvalue weighted by Gasteiger charge is 2.40. The van der Waals surface area contributed by atoms with Gasteiger partial charge in [0.15, 0.2) is 11.7 Å². The molecule has 352 valence electrons. The van der Waals surface area contributed by atoms with Crippen LogP contribution in [0.15, 0.2) is 53.5 Å². The minimum Gasteiger partial charge on any atom is -0.480 e. The van der Waals surface area contributed by atoms with E-state index >= 15 is 0 Å². The van der Waals surface area contributed by atoms with Crippen molar-refractivity contribution in [1.82, 2.24) is 20.9 Å². The van der Waals surface area contributed by atoms with Crippen molar-refractivity contribution in [3.05, 3.63) is 59.7 Å². The average Bonchev–Trinajstić information content (AvgIpc) is 3.90. The second-order valence-corrected chi connectivity index (χ2v) is 17.2. The number of aliphatic imine (C=N–C) groups is 1. The highest BCUT2D eigenvalue weighted by molar-refractivity contribution is 5.96. The number of hydrogen-bond donors (Lipinski definition) is 6. The lowest BCUT2D eigenvalue weighted by atomic mass is 9.90. The maximum atomic E-state index is 14.4. The molecule has 65 heavy (non-hydrogen) atoms. The number of alkyl carbamates (subject to hydrolysis) is 1. The Labute approximate surface area is 379 Å². The molecule has 2 aromatic carbocycles. The second kappa shape index (κ2) is 24.1. The fourth-order valence-corrected chi connectivity index (χ4v) is 9.18. The number of methoxy groups -OCH3 is 1.